The number of rotatable bonds is 6. The van der Waals surface area contributed by atoms with Gasteiger partial charge in [-0.1, -0.05) is 54.2 Å². The van der Waals surface area contributed by atoms with Crippen LogP contribution in [-0.4, -0.2) is 25.1 Å². The largest absolute Gasteiger partial charge is 0.350 e. The smallest absolute Gasteiger partial charge is 0.324 e. The summed E-state index contributed by atoms with van der Waals surface area (Å²) in [5, 5.41) is 7.88. The van der Waals surface area contributed by atoms with Gasteiger partial charge in [-0.15, -0.1) is 5.10 Å². The summed E-state index contributed by atoms with van der Waals surface area (Å²) in [6, 6.07) is 15.9. The van der Waals surface area contributed by atoms with E-state index in [2.05, 4.69) is 15.4 Å². The molecule has 2 aromatic carbocycles. The minimum absolute atomic E-state index is 0.170. The topological polar surface area (TPSA) is 81.3 Å². The number of hydrogen-bond donors (Lipinski definition) is 1. The Bertz CT molecular complexity index is 1260. The number of fused-ring (bicyclic) bond motifs is 1. The summed E-state index contributed by atoms with van der Waals surface area (Å²) in [5.41, 5.74) is 3.97. The molecule has 2 heterocycles. The Morgan fingerprint density at radius 3 is 2.73 bits per heavy atom. The van der Waals surface area contributed by atoms with Gasteiger partial charge in [0.1, 0.15) is 11.6 Å². The molecule has 30 heavy (non-hydrogen) atoms. The fourth-order valence-corrected chi connectivity index (χ4v) is 3.95. The molecule has 1 amide bonds. The molecule has 2 aromatic heterocycles. The lowest BCUT2D eigenvalue weighted by molar-refractivity contribution is -0.117. The number of carbonyl (C=O) groups is 1. The minimum atomic E-state index is -0.370. The Morgan fingerprint density at radius 2 is 1.93 bits per heavy atom. The number of benzene rings is 2. The van der Waals surface area contributed by atoms with Crippen molar-refractivity contribution in [2.24, 2.45) is 0 Å². The van der Waals surface area contributed by atoms with E-state index in [0.29, 0.717) is 16.4 Å². The SMILES string of the molecule is Cc1ccc(C)c(NC(=O)Cn2nc3c(SCc4ccccc4)nccn3c2=O)c1. The van der Waals surface area contributed by atoms with Gasteiger partial charge in [0, 0.05) is 23.8 Å². The van der Waals surface area contributed by atoms with Gasteiger partial charge in [-0.05, 0) is 36.6 Å². The Morgan fingerprint density at radius 1 is 1.13 bits per heavy atom. The highest BCUT2D eigenvalue weighted by Gasteiger charge is 2.15. The molecule has 0 bridgehead atoms. The van der Waals surface area contributed by atoms with Gasteiger partial charge >= 0.3 is 5.69 Å². The van der Waals surface area contributed by atoms with Gasteiger partial charge in [-0.3, -0.25) is 4.79 Å². The Labute approximate surface area is 177 Å². The van der Waals surface area contributed by atoms with Crippen LogP contribution in [0.4, 0.5) is 5.69 Å². The quantitative estimate of drug-likeness (QED) is 0.484. The Hall–Kier alpha value is -3.39. The summed E-state index contributed by atoms with van der Waals surface area (Å²) in [6.07, 6.45) is 3.14. The van der Waals surface area contributed by atoms with Crippen LogP contribution in [0.15, 0.2) is 70.7 Å². The summed E-state index contributed by atoms with van der Waals surface area (Å²) in [6.45, 7) is 3.72. The standard InChI is InChI=1S/C22H21N5O2S/c1-15-8-9-16(2)18(12-15)24-19(28)13-27-22(29)26-11-10-23-21(20(26)25-27)30-14-17-6-4-3-5-7-17/h3-12H,13-14H2,1-2H3,(H,24,28). The second kappa shape index (κ2) is 8.54. The van der Waals surface area contributed by atoms with Crippen molar-refractivity contribution in [2.75, 3.05) is 5.32 Å². The van der Waals surface area contributed by atoms with Crippen molar-refractivity contribution in [1.82, 2.24) is 19.2 Å². The van der Waals surface area contributed by atoms with Crippen LogP contribution < -0.4 is 11.0 Å². The zero-order valence-corrected chi connectivity index (χ0v) is 17.5. The molecule has 8 heteroatoms. The first-order chi connectivity index (χ1) is 14.5. The molecule has 0 aliphatic carbocycles. The molecule has 0 unspecified atom stereocenters. The molecule has 0 atom stereocenters. The number of aromatic nitrogens is 4. The van der Waals surface area contributed by atoms with Crippen molar-refractivity contribution >= 4 is 29.0 Å². The third kappa shape index (κ3) is 4.28. The first-order valence-corrected chi connectivity index (χ1v) is 10.5. The maximum Gasteiger partial charge on any atom is 0.350 e. The molecular formula is C22H21N5O2S. The number of aryl methyl sites for hydroxylation is 2. The first-order valence-electron chi connectivity index (χ1n) is 9.49. The lowest BCUT2D eigenvalue weighted by Gasteiger charge is -2.08. The van der Waals surface area contributed by atoms with E-state index in [4.69, 9.17) is 0 Å². The van der Waals surface area contributed by atoms with Crippen LogP contribution in [0.2, 0.25) is 0 Å². The van der Waals surface area contributed by atoms with E-state index in [1.165, 1.54) is 20.8 Å². The van der Waals surface area contributed by atoms with Crippen LogP contribution in [0, 0.1) is 13.8 Å². The molecular weight excluding hydrogens is 398 g/mol. The number of thioether (sulfide) groups is 1. The zero-order chi connectivity index (χ0) is 21.1. The van der Waals surface area contributed by atoms with E-state index in [-0.39, 0.29) is 18.1 Å². The molecule has 0 spiro atoms. The number of amides is 1. The van der Waals surface area contributed by atoms with Crippen molar-refractivity contribution in [3.63, 3.8) is 0 Å². The molecule has 0 fully saturated rings. The predicted molar refractivity (Wildman–Crippen MR) is 118 cm³/mol. The van der Waals surface area contributed by atoms with E-state index >= 15 is 0 Å². The van der Waals surface area contributed by atoms with Crippen LogP contribution in [0.5, 0.6) is 0 Å². The van der Waals surface area contributed by atoms with Gasteiger partial charge in [0.2, 0.25) is 5.91 Å². The molecule has 0 aliphatic rings. The molecule has 4 rings (SSSR count). The molecule has 0 aliphatic heterocycles. The second-order valence-corrected chi connectivity index (χ2v) is 7.97. The Kier molecular flexibility index (Phi) is 5.67. The van der Waals surface area contributed by atoms with Gasteiger partial charge in [-0.25, -0.2) is 18.9 Å². The van der Waals surface area contributed by atoms with Crippen molar-refractivity contribution in [1.29, 1.82) is 0 Å². The Balaban J connectivity index is 1.55. The maximum absolute atomic E-state index is 12.7. The monoisotopic (exact) mass is 419 g/mol. The average molecular weight is 420 g/mol. The molecule has 7 nitrogen and oxygen atoms in total. The van der Waals surface area contributed by atoms with Gasteiger partial charge in [0.15, 0.2) is 5.65 Å². The summed E-state index contributed by atoms with van der Waals surface area (Å²) in [4.78, 5) is 29.6. The normalized spacial score (nSPS) is 11.0. The van der Waals surface area contributed by atoms with E-state index in [1.54, 1.807) is 12.4 Å². The predicted octanol–water partition coefficient (Wildman–Crippen LogP) is 3.44. The van der Waals surface area contributed by atoms with Gasteiger partial charge in [0.05, 0.1) is 0 Å². The van der Waals surface area contributed by atoms with Gasteiger partial charge in [-0.2, -0.15) is 0 Å². The van der Waals surface area contributed by atoms with Crippen molar-refractivity contribution in [3.05, 3.63) is 88.1 Å². The molecule has 1 N–H and O–H groups in total. The second-order valence-electron chi connectivity index (χ2n) is 7.01. The fraction of sp³-hybridized carbons (Fsp3) is 0.182. The van der Waals surface area contributed by atoms with E-state index in [0.717, 1.165) is 22.4 Å². The number of hydrogen-bond acceptors (Lipinski definition) is 5. The first kappa shape index (κ1) is 19.9. The van der Waals surface area contributed by atoms with Crippen LogP contribution >= 0.6 is 11.8 Å². The average Bonchev–Trinajstić information content (AvgIpc) is 3.06. The lowest BCUT2D eigenvalue weighted by Crippen LogP contribution is -2.28. The summed E-state index contributed by atoms with van der Waals surface area (Å²) in [5.74, 6) is 0.405. The van der Waals surface area contributed by atoms with Gasteiger partial charge in [0.25, 0.3) is 0 Å². The molecule has 0 radical (unpaired) electrons. The molecule has 152 valence electrons. The third-order valence-corrected chi connectivity index (χ3v) is 5.69. The van der Waals surface area contributed by atoms with Crippen LogP contribution in [0.3, 0.4) is 0 Å². The van der Waals surface area contributed by atoms with Gasteiger partial charge < -0.3 is 5.32 Å². The highest BCUT2D eigenvalue weighted by atomic mass is 32.2. The number of nitrogens with zero attached hydrogens (tertiary/aromatic N) is 4. The van der Waals surface area contributed by atoms with E-state index in [9.17, 15) is 9.59 Å². The zero-order valence-electron chi connectivity index (χ0n) is 16.7. The molecule has 0 saturated carbocycles. The molecule has 4 aromatic rings. The van der Waals surface area contributed by atoms with Crippen LogP contribution in [-0.2, 0) is 17.1 Å². The summed E-state index contributed by atoms with van der Waals surface area (Å²) < 4.78 is 2.59. The van der Waals surface area contributed by atoms with Crippen LogP contribution in [0.1, 0.15) is 16.7 Å². The highest BCUT2D eigenvalue weighted by Crippen LogP contribution is 2.23. The summed E-state index contributed by atoms with van der Waals surface area (Å²) in [7, 11) is 0. The number of nitrogens with one attached hydrogen (secondary N) is 1. The van der Waals surface area contributed by atoms with Crippen molar-refractivity contribution < 1.29 is 4.79 Å². The number of anilines is 1. The maximum atomic E-state index is 12.7. The molecule has 0 saturated heterocycles. The fourth-order valence-electron chi connectivity index (χ4n) is 3.05. The number of carbonyl (C=O) groups excluding carboxylic acids is 1. The van der Waals surface area contributed by atoms with Crippen molar-refractivity contribution in [3.8, 4) is 0 Å². The van der Waals surface area contributed by atoms with Crippen molar-refractivity contribution in [2.45, 2.75) is 31.2 Å². The lowest BCUT2D eigenvalue weighted by atomic mass is 10.1. The van der Waals surface area contributed by atoms with Crippen LogP contribution in [0.25, 0.3) is 5.65 Å². The third-order valence-electron chi connectivity index (χ3n) is 4.65. The van der Waals surface area contributed by atoms with E-state index < -0.39 is 0 Å². The summed E-state index contributed by atoms with van der Waals surface area (Å²) >= 11 is 1.50. The highest BCUT2D eigenvalue weighted by molar-refractivity contribution is 7.98. The van der Waals surface area contributed by atoms with E-state index in [1.807, 2.05) is 62.4 Å². The minimum Gasteiger partial charge on any atom is -0.324 e.